The molecule has 2 aromatic heterocycles. The van der Waals surface area contributed by atoms with Gasteiger partial charge in [-0.25, -0.2) is 4.98 Å². The van der Waals surface area contributed by atoms with Crippen LogP contribution in [0.3, 0.4) is 0 Å². The molecule has 6 nitrogen and oxygen atoms in total. The molecule has 136 valence electrons. The van der Waals surface area contributed by atoms with E-state index in [1.165, 1.54) is 11.3 Å². The van der Waals surface area contributed by atoms with Gasteiger partial charge >= 0.3 is 0 Å². The van der Waals surface area contributed by atoms with E-state index in [0.717, 1.165) is 10.1 Å². The number of aromatic nitrogens is 1. The summed E-state index contributed by atoms with van der Waals surface area (Å²) in [5.41, 5.74) is 1.89. The number of carbonyl (C=O) groups is 2. The molecular weight excluding hydrogens is 386 g/mol. The van der Waals surface area contributed by atoms with Crippen LogP contribution in [0.4, 0.5) is 5.69 Å². The molecule has 2 heterocycles. The second kappa shape index (κ2) is 7.02. The summed E-state index contributed by atoms with van der Waals surface area (Å²) in [5.74, 6) is -0.167. The third-order valence-electron chi connectivity index (χ3n) is 3.93. The number of fused-ring (bicyclic) bond motifs is 2. The van der Waals surface area contributed by atoms with Crippen LogP contribution in [0, 0.1) is 6.92 Å². The molecule has 2 amide bonds. The first-order valence-electron chi connectivity index (χ1n) is 8.13. The van der Waals surface area contributed by atoms with Crippen molar-refractivity contribution in [2.24, 2.45) is 0 Å². The van der Waals surface area contributed by atoms with E-state index in [1.807, 2.05) is 24.3 Å². The van der Waals surface area contributed by atoms with Crippen molar-refractivity contribution in [3.05, 3.63) is 58.3 Å². The summed E-state index contributed by atoms with van der Waals surface area (Å²) in [4.78, 5) is 29.1. The van der Waals surface area contributed by atoms with Crippen LogP contribution in [0.15, 0.2) is 46.9 Å². The first-order valence-corrected chi connectivity index (χ1v) is 9.33. The third kappa shape index (κ3) is 3.51. The summed E-state index contributed by atoms with van der Waals surface area (Å²) in [6, 6.07) is 12.7. The number of carbonyl (C=O) groups excluding carboxylic acids is 2. The highest BCUT2D eigenvalue weighted by atomic mass is 35.5. The molecule has 27 heavy (non-hydrogen) atoms. The second-order valence-electron chi connectivity index (χ2n) is 5.89. The average Bonchev–Trinajstić information content (AvgIpc) is 3.19. The van der Waals surface area contributed by atoms with E-state index in [0.29, 0.717) is 32.6 Å². The fourth-order valence-corrected chi connectivity index (χ4v) is 4.16. The van der Waals surface area contributed by atoms with Crippen molar-refractivity contribution in [2.75, 3.05) is 11.9 Å². The number of rotatable bonds is 4. The molecule has 0 aliphatic heterocycles. The van der Waals surface area contributed by atoms with Gasteiger partial charge in [0.05, 0.1) is 11.6 Å². The Bertz CT molecular complexity index is 1180. The van der Waals surface area contributed by atoms with Crippen LogP contribution in [0.2, 0.25) is 5.02 Å². The van der Waals surface area contributed by atoms with E-state index in [2.05, 4.69) is 15.6 Å². The van der Waals surface area contributed by atoms with Crippen LogP contribution >= 0.6 is 22.9 Å². The summed E-state index contributed by atoms with van der Waals surface area (Å²) in [5, 5.41) is 6.56. The Kier molecular flexibility index (Phi) is 4.55. The van der Waals surface area contributed by atoms with E-state index in [9.17, 15) is 9.59 Å². The van der Waals surface area contributed by atoms with Gasteiger partial charge < -0.3 is 15.1 Å². The van der Waals surface area contributed by atoms with E-state index in [1.54, 1.807) is 25.1 Å². The maximum absolute atomic E-state index is 12.4. The molecule has 0 saturated carbocycles. The normalized spacial score (nSPS) is 11.0. The van der Waals surface area contributed by atoms with Crippen LogP contribution in [0.25, 0.3) is 21.2 Å². The Morgan fingerprint density at radius 1 is 1.22 bits per heavy atom. The van der Waals surface area contributed by atoms with Crippen LogP contribution in [0.1, 0.15) is 15.6 Å². The Labute approximate surface area is 163 Å². The highest BCUT2D eigenvalue weighted by Crippen LogP contribution is 2.34. The summed E-state index contributed by atoms with van der Waals surface area (Å²) in [6.07, 6.45) is 0. The largest absolute Gasteiger partial charge is 0.441 e. The van der Waals surface area contributed by atoms with E-state index < -0.39 is 0 Å². The smallest absolute Gasteiger partial charge is 0.263 e. The number of aryl methyl sites for hydroxylation is 1. The Morgan fingerprint density at radius 2 is 2.04 bits per heavy atom. The predicted molar refractivity (Wildman–Crippen MR) is 107 cm³/mol. The van der Waals surface area contributed by atoms with Gasteiger partial charge in [0, 0.05) is 22.7 Å². The number of anilines is 1. The van der Waals surface area contributed by atoms with Gasteiger partial charge in [0.2, 0.25) is 5.91 Å². The molecule has 0 spiro atoms. The molecule has 0 aliphatic rings. The highest BCUT2D eigenvalue weighted by molar-refractivity contribution is 7.21. The Hall–Kier alpha value is -2.90. The van der Waals surface area contributed by atoms with Crippen LogP contribution in [-0.4, -0.2) is 23.3 Å². The lowest BCUT2D eigenvalue weighted by Gasteiger charge is -2.06. The van der Waals surface area contributed by atoms with E-state index in [4.69, 9.17) is 16.0 Å². The van der Waals surface area contributed by atoms with Crippen LogP contribution in [-0.2, 0) is 4.79 Å². The minimum absolute atomic E-state index is 0.167. The van der Waals surface area contributed by atoms with Gasteiger partial charge in [0.25, 0.3) is 5.91 Å². The van der Waals surface area contributed by atoms with Gasteiger partial charge in [-0.15, -0.1) is 11.3 Å². The SMILES string of the molecule is Cc1nc2cc(NC(=O)CNC(=O)c3sc4ccccc4c3Cl)ccc2o1. The lowest BCUT2D eigenvalue weighted by atomic mass is 10.2. The van der Waals surface area contributed by atoms with Gasteiger partial charge in [-0.1, -0.05) is 29.8 Å². The zero-order valence-electron chi connectivity index (χ0n) is 14.2. The van der Waals surface area contributed by atoms with Gasteiger partial charge in [-0.2, -0.15) is 0 Å². The monoisotopic (exact) mass is 399 g/mol. The molecule has 0 atom stereocenters. The number of hydrogen-bond acceptors (Lipinski definition) is 5. The van der Waals surface area contributed by atoms with E-state index >= 15 is 0 Å². The quantitative estimate of drug-likeness (QED) is 0.533. The number of thiophene rings is 1. The number of benzene rings is 2. The van der Waals surface area contributed by atoms with Crippen molar-refractivity contribution in [1.29, 1.82) is 0 Å². The van der Waals surface area contributed by atoms with Gasteiger partial charge in [-0.05, 0) is 24.3 Å². The molecule has 0 fully saturated rings. The third-order valence-corrected chi connectivity index (χ3v) is 5.60. The maximum atomic E-state index is 12.4. The van der Waals surface area contributed by atoms with Crippen LogP contribution < -0.4 is 10.6 Å². The van der Waals surface area contributed by atoms with Crippen molar-refractivity contribution in [3.8, 4) is 0 Å². The number of nitrogens with one attached hydrogen (secondary N) is 2. The summed E-state index contributed by atoms with van der Waals surface area (Å²) >= 11 is 7.58. The Balaban J connectivity index is 1.41. The summed E-state index contributed by atoms with van der Waals surface area (Å²) in [6.45, 7) is 1.59. The fourth-order valence-electron chi connectivity index (χ4n) is 2.73. The molecule has 0 bridgehead atoms. The van der Waals surface area contributed by atoms with Crippen molar-refractivity contribution in [3.63, 3.8) is 0 Å². The molecule has 0 saturated heterocycles. The fraction of sp³-hybridized carbons (Fsp3) is 0.105. The minimum atomic E-state index is -0.376. The molecule has 0 unspecified atom stereocenters. The first kappa shape index (κ1) is 17.5. The molecule has 0 radical (unpaired) electrons. The van der Waals surface area contributed by atoms with Gasteiger partial charge in [-0.3, -0.25) is 9.59 Å². The molecular formula is C19H14ClN3O3S. The maximum Gasteiger partial charge on any atom is 0.263 e. The predicted octanol–water partition coefficient (Wildman–Crippen LogP) is 4.37. The van der Waals surface area contributed by atoms with Gasteiger partial charge in [0.1, 0.15) is 10.4 Å². The molecule has 4 aromatic rings. The van der Waals surface area contributed by atoms with Gasteiger partial charge in [0.15, 0.2) is 11.5 Å². The van der Waals surface area contributed by atoms with Crippen LogP contribution in [0.5, 0.6) is 0 Å². The molecule has 4 rings (SSSR count). The molecule has 2 aromatic carbocycles. The first-order chi connectivity index (χ1) is 13.0. The zero-order chi connectivity index (χ0) is 19.0. The molecule has 0 aliphatic carbocycles. The average molecular weight is 400 g/mol. The topological polar surface area (TPSA) is 84.2 Å². The van der Waals surface area contributed by atoms with Crippen molar-refractivity contribution < 1.29 is 14.0 Å². The molecule has 8 heteroatoms. The van der Waals surface area contributed by atoms with E-state index in [-0.39, 0.29) is 18.4 Å². The lowest BCUT2D eigenvalue weighted by Crippen LogP contribution is -2.32. The number of amides is 2. The number of hydrogen-bond donors (Lipinski definition) is 2. The van der Waals surface area contributed by atoms with Crippen molar-refractivity contribution >= 4 is 61.6 Å². The number of oxazole rings is 1. The summed E-state index contributed by atoms with van der Waals surface area (Å²) < 4.78 is 6.32. The highest BCUT2D eigenvalue weighted by Gasteiger charge is 2.17. The van der Waals surface area contributed by atoms with Crippen molar-refractivity contribution in [2.45, 2.75) is 6.92 Å². The standard InChI is InChI=1S/C19H14ClN3O3S/c1-10-22-13-8-11(6-7-14(13)26-10)23-16(24)9-21-19(25)18-17(20)12-4-2-3-5-15(12)27-18/h2-8H,9H2,1H3,(H,21,25)(H,23,24). The number of nitrogens with zero attached hydrogens (tertiary/aromatic N) is 1. The van der Waals surface area contributed by atoms with Crippen molar-refractivity contribution in [1.82, 2.24) is 10.3 Å². The lowest BCUT2D eigenvalue weighted by molar-refractivity contribution is -0.115. The Morgan fingerprint density at radius 3 is 2.85 bits per heavy atom. The second-order valence-corrected chi connectivity index (χ2v) is 7.32. The number of halogens is 1. The minimum Gasteiger partial charge on any atom is -0.441 e. The summed E-state index contributed by atoms with van der Waals surface area (Å²) in [7, 11) is 0. The molecule has 2 N–H and O–H groups in total. The zero-order valence-corrected chi connectivity index (χ0v) is 15.8.